The molecular weight excluding hydrogens is 301 g/mol. The lowest BCUT2D eigenvalue weighted by Gasteiger charge is -2.31. The standard InChI is InChI=1S/C13H13F3N4O2/c1-20-7-10(18-19-20)11(21)17-8-12(22,13(14,15)16)9-5-3-2-4-6-9/h2-7,22H,8H2,1H3,(H,17,21)/t12-/m0/s1. The number of rotatable bonds is 4. The summed E-state index contributed by atoms with van der Waals surface area (Å²) in [5.41, 5.74) is -3.69. The van der Waals surface area contributed by atoms with Crippen LogP contribution >= 0.6 is 0 Å². The number of hydrogen-bond acceptors (Lipinski definition) is 4. The van der Waals surface area contributed by atoms with Gasteiger partial charge in [-0.1, -0.05) is 35.5 Å². The molecule has 118 valence electrons. The van der Waals surface area contributed by atoms with E-state index in [1.54, 1.807) is 0 Å². The van der Waals surface area contributed by atoms with Gasteiger partial charge in [0.15, 0.2) is 5.69 Å². The fourth-order valence-corrected chi connectivity index (χ4v) is 1.83. The van der Waals surface area contributed by atoms with Crippen LogP contribution in [-0.2, 0) is 12.6 Å². The molecule has 0 bridgehead atoms. The van der Waals surface area contributed by atoms with Crippen LogP contribution < -0.4 is 5.32 Å². The van der Waals surface area contributed by atoms with E-state index in [4.69, 9.17) is 0 Å². The Morgan fingerprint density at radius 1 is 1.32 bits per heavy atom. The molecule has 0 spiro atoms. The van der Waals surface area contributed by atoms with Gasteiger partial charge in [-0.15, -0.1) is 5.10 Å². The van der Waals surface area contributed by atoms with Crippen molar-refractivity contribution in [3.63, 3.8) is 0 Å². The molecule has 22 heavy (non-hydrogen) atoms. The van der Waals surface area contributed by atoms with Crippen molar-refractivity contribution in [3.8, 4) is 0 Å². The maximum Gasteiger partial charge on any atom is 0.423 e. The highest BCUT2D eigenvalue weighted by atomic mass is 19.4. The number of benzene rings is 1. The molecule has 0 aliphatic rings. The number of halogens is 3. The molecule has 0 aliphatic carbocycles. The van der Waals surface area contributed by atoms with E-state index in [2.05, 4.69) is 10.3 Å². The van der Waals surface area contributed by atoms with E-state index in [0.29, 0.717) is 0 Å². The Labute approximate surface area is 123 Å². The Kier molecular flexibility index (Phi) is 4.18. The minimum absolute atomic E-state index is 0.139. The Morgan fingerprint density at radius 3 is 2.45 bits per heavy atom. The third-order valence-electron chi connectivity index (χ3n) is 3.06. The summed E-state index contributed by atoms with van der Waals surface area (Å²) in [5, 5.41) is 19.1. The van der Waals surface area contributed by atoms with Crippen LogP contribution in [0.4, 0.5) is 13.2 Å². The van der Waals surface area contributed by atoms with Crippen LogP contribution in [0.1, 0.15) is 16.1 Å². The molecular formula is C13H13F3N4O2. The first-order chi connectivity index (χ1) is 10.2. The molecule has 2 N–H and O–H groups in total. The lowest BCUT2D eigenvalue weighted by Crippen LogP contribution is -2.51. The molecule has 0 unspecified atom stereocenters. The number of carbonyl (C=O) groups excluding carboxylic acids is 1. The summed E-state index contributed by atoms with van der Waals surface area (Å²) in [6.07, 6.45) is -3.70. The first kappa shape index (κ1) is 16.0. The molecule has 0 saturated carbocycles. The van der Waals surface area contributed by atoms with Crippen LogP contribution in [0.15, 0.2) is 36.5 Å². The molecule has 1 amide bonds. The summed E-state index contributed by atoms with van der Waals surface area (Å²) in [4.78, 5) is 11.8. The van der Waals surface area contributed by atoms with Crippen LogP contribution in [0, 0.1) is 0 Å². The van der Waals surface area contributed by atoms with E-state index in [0.717, 1.165) is 12.1 Å². The highest BCUT2D eigenvalue weighted by Crippen LogP contribution is 2.38. The van der Waals surface area contributed by atoms with Gasteiger partial charge >= 0.3 is 6.18 Å². The number of aliphatic hydroxyl groups is 1. The Morgan fingerprint density at radius 2 is 1.95 bits per heavy atom. The van der Waals surface area contributed by atoms with Gasteiger partial charge in [0.25, 0.3) is 5.91 Å². The average molecular weight is 314 g/mol. The third-order valence-corrected chi connectivity index (χ3v) is 3.06. The van der Waals surface area contributed by atoms with E-state index in [-0.39, 0.29) is 11.3 Å². The van der Waals surface area contributed by atoms with Crippen LogP contribution in [0.25, 0.3) is 0 Å². The van der Waals surface area contributed by atoms with Crippen LogP contribution in [0.5, 0.6) is 0 Å². The summed E-state index contributed by atoms with van der Waals surface area (Å²) in [6.45, 7) is -1.03. The predicted octanol–water partition coefficient (Wildman–Crippen LogP) is 0.995. The fraction of sp³-hybridized carbons (Fsp3) is 0.308. The third kappa shape index (κ3) is 3.08. The van der Waals surface area contributed by atoms with E-state index >= 15 is 0 Å². The number of alkyl halides is 3. The monoisotopic (exact) mass is 314 g/mol. The number of nitrogens with zero attached hydrogens (tertiary/aromatic N) is 3. The predicted molar refractivity (Wildman–Crippen MR) is 69.7 cm³/mol. The summed E-state index contributed by atoms with van der Waals surface area (Å²) in [6, 6.07) is 6.55. The van der Waals surface area contributed by atoms with Crippen molar-refractivity contribution in [1.29, 1.82) is 0 Å². The number of hydrogen-bond donors (Lipinski definition) is 2. The molecule has 1 aromatic carbocycles. The maximum atomic E-state index is 13.2. The van der Waals surface area contributed by atoms with Gasteiger partial charge in [-0.3, -0.25) is 9.48 Å². The molecule has 2 aromatic rings. The van der Waals surface area contributed by atoms with Gasteiger partial charge in [-0.2, -0.15) is 13.2 Å². The van der Waals surface area contributed by atoms with E-state index in [1.165, 1.54) is 36.1 Å². The zero-order valence-electron chi connectivity index (χ0n) is 11.5. The smallest absolute Gasteiger partial charge is 0.375 e. The van der Waals surface area contributed by atoms with Gasteiger partial charge in [-0.05, 0) is 5.56 Å². The molecule has 1 aromatic heterocycles. The van der Waals surface area contributed by atoms with Gasteiger partial charge in [-0.25, -0.2) is 0 Å². The van der Waals surface area contributed by atoms with Crippen molar-refractivity contribution in [2.45, 2.75) is 11.8 Å². The summed E-state index contributed by atoms with van der Waals surface area (Å²) >= 11 is 0. The molecule has 2 rings (SSSR count). The zero-order valence-corrected chi connectivity index (χ0v) is 11.5. The van der Waals surface area contributed by atoms with Gasteiger partial charge in [0, 0.05) is 7.05 Å². The molecule has 0 fully saturated rings. The first-order valence-electron chi connectivity index (χ1n) is 6.23. The number of carbonyl (C=O) groups is 1. The van der Waals surface area contributed by atoms with Crippen LogP contribution in [0.2, 0.25) is 0 Å². The molecule has 1 atom stereocenters. The molecule has 9 heteroatoms. The van der Waals surface area contributed by atoms with E-state index < -0.39 is 24.2 Å². The summed E-state index contributed by atoms with van der Waals surface area (Å²) < 4.78 is 40.9. The van der Waals surface area contributed by atoms with Gasteiger partial charge in [0.05, 0.1) is 12.7 Å². The largest absolute Gasteiger partial charge is 0.423 e. The fourth-order valence-electron chi connectivity index (χ4n) is 1.83. The summed E-state index contributed by atoms with van der Waals surface area (Å²) in [7, 11) is 1.51. The Balaban J connectivity index is 2.20. The van der Waals surface area contributed by atoms with Crippen LogP contribution in [-0.4, -0.2) is 38.7 Å². The molecule has 0 radical (unpaired) electrons. The lowest BCUT2D eigenvalue weighted by atomic mass is 9.93. The van der Waals surface area contributed by atoms with Gasteiger partial charge < -0.3 is 10.4 Å². The molecule has 0 saturated heterocycles. The minimum atomic E-state index is -4.95. The van der Waals surface area contributed by atoms with Crippen molar-refractivity contribution in [2.24, 2.45) is 7.05 Å². The number of aromatic nitrogens is 3. The SMILES string of the molecule is Cn1cc(C(=O)NC[C@](O)(c2ccccc2)C(F)(F)F)nn1. The second kappa shape index (κ2) is 5.76. The second-order valence-electron chi connectivity index (χ2n) is 4.68. The van der Waals surface area contributed by atoms with E-state index in [9.17, 15) is 23.1 Å². The average Bonchev–Trinajstić information content (AvgIpc) is 2.91. The minimum Gasteiger partial charge on any atom is -0.375 e. The number of aryl methyl sites for hydroxylation is 1. The lowest BCUT2D eigenvalue weighted by molar-refractivity contribution is -0.263. The van der Waals surface area contributed by atoms with E-state index in [1.807, 2.05) is 5.32 Å². The molecule has 0 aliphatic heterocycles. The highest BCUT2D eigenvalue weighted by molar-refractivity contribution is 5.91. The second-order valence-corrected chi connectivity index (χ2v) is 4.68. The molecule has 6 nitrogen and oxygen atoms in total. The van der Waals surface area contributed by atoms with Crippen molar-refractivity contribution in [2.75, 3.05) is 6.54 Å². The van der Waals surface area contributed by atoms with Gasteiger partial charge in [0.2, 0.25) is 5.60 Å². The zero-order chi connectivity index (χ0) is 16.4. The number of amides is 1. The topological polar surface area (TPSA) is 80.0 Å². The molecule has 1 heterocycles. The van der Waals surface area contributed by atoms with Crippen molar-refractivity contribution in [3.05, 3.63) is 47.8 Å². The van der Waals surface area contributed by atoms with Crippen molar-refractivity contribution < 1.29 is 23.1 Å². The summed E-state index contributed by atoms with van der Waals surface area (Å²) in [5.74, 6) is -0.855. The maximum absolute atomic E-state index is 13.2. The van der Waals surface area contributed by atoms with Crippen LogP contribution in [0.3, 0.4) is 0 Å². The normalized spacial score (nSPS) is 14.4. The Bertz CT molecular complexity index is 657. The van der Waals surface area contributed by atoms with Crippen molar-refractivity contribution >= 4 is 5.91 Å². The highest BCUT2D eigenvalue weighted by Gasteiger charge is 2.55. The number of nitrogens with one attached hydrogen (secondary N) is 1. The Hall–Kier alpha value is -2.42. The van der Waals surface area contributed by atoms with Gasteiger partial charge in [0.1, 0.15) is 0 Å². The quantitative estimate of drug-likeness (QED) is 0.882. The van der Waals surface area contributed by atoms with Crippen molar-refractivity contribution in [1.82, 2.24) is 20.3 Å². The first-order valence-corrected chi connectivity index (χ1v) is 6.23.